The predicted octanol–water partition coefficient (Wildman–Crippen LogP) is 3.81. The second-order valence-corrected chi connectivity index (χ2v) is 6.29. The Bertz CT molecular complexity index is 549. The summed E-state index contributed by atoms with van der Waals surface area (Å²) >= 11 is 3.19. The zero-order valence-corrected chi connectivity index (χ0v) is 13.8. The molecule has 0 fully saturated rings. The summed E-state index contributed by atoms with van der Waals surface area (Å²) in [4.78, 5) is 0. The Balaban J connectivity index is 1.93. The molecule has 5 nitrogen and oxygen atoms in total. The molecule has 0 unspecified atom stereocenters. The fourth-order valence-electron chi connectivity index (χ4n) is 1.62. The van der Waals surface area contributed by atoms with Crippen molar-refractivity contribution in [3.05, 3.63) is 24.3 Å². The number of anilines is 2. The van der Waals surface area contributed by atoms with E-state index in [-0.39, 0.29) is 0 Å². The molecule has 1 heterocycles. The highest BCUT2D eigenvalue weighted by molar-refractivity contribution is 8.01. The van der Waals surface area contributed by atoms with Gasteiger partial charge in [-0.1, -0.05) is 35.2 Å². The van der Waals surface area contributed by atoms with E-state index in [1.54, 1.807) is 11.8 Å². The van der Waals surface area contributed by atoms with Gasteiger partial charge in [0.1, 0.15) is 5.75 Å². The normalized spacial score (nSPS) is 10.6. The second-order valence-electron chi connectivity index (χ2n) is 3.97. The number of aromatic nitrogens is 2. The molecule has 7 heteroatoms. The third-order valence-corrected chi connectivity index (χ3v) is 4.43. The molecular formula is C14H19N3O2S2. The van der Waals surface area contributed by atoms with E-state index in [4.69, 9.17) is 9.47 Å². The number of benzene rings is 1. The monoisotopic (exact) mass is 325 g/mol. The molecule has 0 atom stereocenters. The number of para-hydroxylation sites is 2. The van der Waals surface area contributed by atoms with Crippen LogP contribution in [-0.2, 0) is 4.74 Å². The highest BCUT2D eigenvalue weighted by atomic mass is 32.2. The number of nitrogens with zero attached hydrogens (tertiary/aromatic N) is 2. The van der Waals surface area contributed by atoms with Crippen LogP contribution in [-0.4, -0.2) is 35.8 Å². The van der Waals surface area contributed by atoms with Gasteiger partial charge in [0.15, 0.2) is 4.34 Å². The van der Waals surface area contributed by atoms with E-state index in [1.807, 2.05) is 38.1 Å². The van der Waals surface area contributed by atoms with Gasteiger partial charge >= 0.3 is 0 Å². The molecular weight excluding hydrogens is 306 g/mol. The van der Waals surface area contributed by atoms with Crippen molar-refractivity contribution in [1.29, 1.82) is 0 Å². The first-order valence-electron chi connectivity index (χ1n) is 6.86. The fourth-order valence-corrected chi connectivity index (χ4v) is 3.30. The van der Waals surface area contributed by atoms with E-state index < -0.39 is 0 Å². The highest BCUT2D eigenvalue weighted by Crippen LogP contribution is 2.31. The van der Waals surface area contributed by atoms with E-state index in [9.17, 15) is 0 Å². The molecule has 0 saturated heterocycles. The Kier molecular flexibility index (Phi) is 6.78. The smallest absolute Gasteiger partial charge is 0.210 e. The molecule has 2 rings (SSSR count). The molecule has 0 aliphatic heterocycles. The van der Waals surface area contributed by atoms with E-state index in [2.05, 4.69) is 15.5 Å². The third-order valence-electron chi connectivity index (χ3n) is 2.49. The van der Waals surface area contributed by atoms with Crippen LogP contribution in [0.4, 0.5) is 10.8 Å². The SMILES string of the molecule is CCOCCSc1nnc(Nc2ccccc2OCC)s1. The third kappa shape index (κ3) is 5.18. The predicted molar refractivity (Wildman–Crippen MR) is 88.0 cm³/mol. The van der Waals surface area contributed by atoms with Crippen molar-refractivity contribution in [2.75, 3.05) is 30.9 Å². The topological polar surface area (TPSA) is 56.3 Å². The Morgan fingerprint density at radius 2 is 2.05 bits per heavy atom. The minimum atomic E-state index is 0.632. The lowest BCUT2D eigenvalue weighted by molar-refractivity contribution is 0.164. The van der Waals surface area contributed by atoms with Crippen LogP contribution in [0.5, 0.6) is 5.75 Å². The van der Waals surface area contributed by atoms with Crippen molar-refractivity contribution >= 4 is 33.9 Å². The summed E-state index contributed by atoms with van der Waals surface area (Å²) in [5, 5.41) is 12.3. The number of hydrogen-bond donors (Lipinski definition) is 1. The summed E-state index contributed by atoms with van der Waals surface area (Å²) < 4.78 is 11.8. The van der Waals surface area contributed by atoms with E-state index >= 15 is 0 Å². The molecule has 0 spiro atoms. The molecule has 1 N–H and O–H groups in total. The molecule has 1 aromatic heterocycles. The van der Waals surface area contributed by atoms with E-state index in [0.717, 1.165) is 39.9 Å². The van der Waals surface area contributed by atoms with Crippen LogP contribution in [0.2, 0.25) is 0 Å². The number of thioether (sulfide) groups is 1. The van der Waals surface area contributed by atoms with Gasteiger partial charge in [0.25, 0.3) is 0 Å². The standard InChI is InChI=1S/C14H19N3O2S2/c1-3-18-9-10-20-14-17-16-13(21-14)15-11-7-5-6-8-12(11)19-4-2/h5-8H,3-4,9-10H2,1-2H3,(H,15,16). The van der Waals surface area contributed by atoms with Crippen LogP contribution in [0, 0.1) is 0 Å². The zero-order valence-electron chi connectivity index (χ0n) is 12.2. The molecule has 0 aliphatic carbocycles. The molecule has 0 aliphatic rings. The van der Waals surface area contributed by atoms with Gasteiger partial charge in [-0.25, -0.2) is 0 Å². The lowest BCUT2D eigenvalue weighted by Crippen LogP contribution is -1.97. The van der Waals surface area contributed by atoms with Gasteiger partial charge in [0.05, 0.1) is 18.9 Å². The molecule has 114 valence electrons. The quantitative estimate of drug-likeness (QED) is 0.559. The van der Waals surface area contributed by atoms with Crippen molar-refractivity contribution in [1.82, 2.24) is 10.2 Å². The second kappa shape index (κ2) is 8.86. The average Bonchev–Trinajstić information content (AvgIpc) is 2.94. The van der Waals surface area contributed by atoms with Gasteiger partial charge in [-0.05, 0) is 26.0 Å². The minimum absolute atomic E-state index is 0.632. The first-order valence-corrected chi connectivity index (χ1v) is 8.66. The summed E-state index contributed by atoms with van der Waals surface area (Å²) in [5.74, 6) is 1.71. The van der Waals surface area contributed by atoms with E-state index in [0.29, 0.717) is 6.61 Å². The summed E-state index contributed by atoms with van der Waals surface area (Å²) in [6.07, 6.45) is 0. The fraction of sp³-hybridized carbons (Fsp3) is 0.429. The Morgan fingerprint density at radius 1 is 1.19 bits per heavy atom. The van der Waals surface area contributed by atoms with Crippen LogP contribution < -0.4 is 10.1 Å². The maximum Gasteiger partial charge on any atom is 0.210 e. The number of hydrogen-bond acceptors (Lipinski definition) is 7. The van der Waals surface area contributed by atoms with Crippen molar-refractivity contribution in [3.63, 3.8) is 0 Å². The number of nitrogens with one attached hydrogen (secondary N) is 1. The molecule has 21 heavy (non-hydrogen) atoms. The maximum atomic E-state index is 5.58. The molecule has 0 bridgehead atoms. The minimum Gasteiger partial charge on any atom is -0.492 e. The summed E-state index contributed by atoms with van der Waals surface area (Å²) in [6, 6.07) is 7.81. The largest absolute Gasteiger partial charge is 0.492 e. The molecule has 0 amide bonds. The highest BCUT2D eigenvalue weighted by Gasteiger charge is 2.08. The van der Waals surface area contributed by atoms with Gasteiger partial charge < -0.3 is 14.8 Å². The zero-order chi connectivity index (χ0) is 14.9. The van der Waals surface area contributed by atoms with Gasteiger partial charge in [0.2, 0.25) is 5.13 Å². The van der Waals surface area contributed by atoms with Gasteiger partial charge in [-0.2, -0.15) is 0 Å². The van der Waals surface area contributed by atoms with Gasteiger partial charge in [0, 0.05) is 12.4 Å². The summed E-state index contributed by atoms with van der Waals surface area (Å²) in [5.41, 5.74) is 0.904. The lowest BCUT2D eigenvalue weighted by Gasteiger charge is -2.09. The Labute approximate surface area is 133 Å². The maximum absolute atomic E-state index is 5.58. The molecule has 0 saturated carbocycles. The number of rotatable bonds is 9. The summed E-state index contributed by atoms with van der Waals surface area (Å²) in [6.45, 7) is 6.07. The van der Waals surface area contributed by atoms with E-state index in [1.165, 1.54) is 11.3 Å². The number of ether oxygens (including phenoxy) is 2. The molecule has 2 aromatic rings. The van der Waals surface area contributed by atoms with Crippen LogP contribution in [0.15, 0.2) is 28.6 Å². The van der Waals surface area contributed by atoms with Crippen molar-refractivity contribution in [2.24, 2.45) is 0 Å². The van der Waals surface area contributed by atoms with Gasteiger partial charge in [-0.15, -0.1) is 10.2 Å². The van der Waals surface area contributed by atoms with Crippen molar-refractivity contribution in [3.8, 4) is 5.75 Å². The van der Waals surface area contributed by atoms with Crippen molar-refractivity contribution in [2.45, 2.75) is 18.2 Å². The van der Waals surface area contributed by atoms with Crippen LogP contribution >= 0.6 is 23.1 Å². The van der Waals surface area contributed by atoms with Crippen LogP contribution in [0.25, 0.3) is 0 Å². The van der Waals surface area contributed by atoms with Crippen molar-refractivity contribution < 1.29 is 9.47 Å². The average molecular weight is 325 g/mol. The molecule has 1 aromatic carbocycles. The Hall–Kier alpha value is -1.31. The first kappa shape index (κ1) is 16.1. The summed E-state index contributed by atoms with van der Waals surface area (Å²) in [7, 11) is 0. The van der Waals surface area contributed by atoms with Gasteiger partial charge in [-0.3, -0.25) is 0 Å². The Morgan fingerprint density at radius 3 is 2.86 bits per heavy atom. The van der Waals surface area contributed by atoms with Crippen LogP contribution in [0.3, 0.4) is 0 Å². The first-order chi connectivity index (χ1) is 10.3. The van der Waals surface area contributed by atoms with Crippen LogP contribution in [0.1, 0.15) is 13.8 Å². The molecule has 0 radical (unpaired) electrons. The lowest BCUT2D eigenvalue weighted by atomic mass is 10.3.